The zero-order valence-corrected chi connectivity index (χ0v) is 26.8. The first kappa shape index (κ1) is 28.1. The van der Waals surface area contributed by atoms with Crippen LogP contribution in [0, 0.1) is 0 Å². The van der Waals surface area contributed by atoms with Gasteiger partial charge in [0.05, 0.1) is 18.1 Å². The van der Waals surface area contributed by atoms with Crippen LogP contribution in [0.4, 0.5) is 0 Å². The molecule has 0 N–H and O–H groups in total. The van der Waals surface area contributed by atoms with E-state index in [4.69, 9.17) is 19.7 Å². The molecule has 8 rings (SSSR count). The number of hydrogen-bond donors (Lipinski definition) is 0. The highest BCUT2D eigenvalue weighted by atomic mass is 32.1. The highest BCUT2D eigenvalue weighted by Crippen LogP contribution is 2.40. The maximum Gasteiger partial charge on any atom is 0.238 e. The van der Waals surface area contributed by atoms with Gasteiger partial charge >= 0.3 is 0 Å². The van der Waals surface area contributed by atoms with Crippen LogP contribution in [0.1, 0.15) is 30.9 Å². The second-order valence-corrected chi connectivity index (χ2v) is 12.7. The van der Waals surface area contributed by atoms with Gasteiger partial charge in [0.25, 0.3) is 0 Å². The number of para-hydroxylation sites is 2. The Kier molecular flexibility index (Phi) is 6.84. The summed E-state index contributed by atoms with van der Waals surface area (Å²) in [4.78, 5) is 19.8. The van der Waals surface area contributed by atoms with Crippen LogP contribution in [0.5, 0.6) is 0 Å². The van der Waals surface area contributed by atoms with Crippen molar-refractivity contribution in [2.24, 2.45) is 4.99 Å². The third kappa shape index (κ3) is 4.54. The summed E-state index contributed by atoms with van der Waals surface area (Å²) >= 11 is 1.75. The zero-order valence-electron chi connectivity index (χ0n) is 26.0. The van der Waals surface area contributed by atoms with Gasteiger partial charge in [-0.2, -0.15) is 9.97 Å². The van der Waals surface area contributed by atoms with Crippen LogP contribution in [0.25, 0.3) is 70.7 Å². The molecule has 0 saturated heterocycles. The smallest absolute Gasteiger partial charge is 0.238 e. The molecule has 0 aliphatic carbocycles. The van der Waals surface area contributed by atoms with Gasteiger partial charge in [-0.05, 0) is 41.8 Å². The molecule has 46 heavy (non-hydrogen) atoms. The molecular formula is C39H31N5OS. The Morgan fingerprint density at radius 3 is 2.09 bits per heavy atom. The maximum atomic E-state index is 5.51. The number of benzene rings is 5. The average Bonchev–Trinajstić information content (AvgIpc) is 3.64. The largest absolute Gasteiger partial charge is 0.481 e. The van der Waals surface area contributed by atoms with E-state index in [0.717, 1.165) is 54.0 Å². The summed E-state index contributed by atoms with van der Waals surface area (Å²) in [6, 6.07) is 38.2. The lowest BCUT2D eigenvalue weighted by atomic mass is 10.0. The normalized spacial score (nSPS) is 12.2. The molecule has 0 aliphatic rings. The molecule has 3 aromatic heterocycles. The molecule has 5 aromatic carbocycles. The van der Waals surface area contributed by atoms with Gasteiger partial charge in [-0.15, -0.1) is 11.3 Å². The van der Waals surface area contributed by atoms with Crippen LogP contribution < -0.4 is 0 Å². The van der Waals surface area contributed by atoms with Gasteiger partial charge in [0, 0.05) is 54.7 Å². The molecule has 0 aliphatic heterocycles. The third-order valence-electron chi connectivity index (χ3n) is 8.62. The highest BCUT2D eigenvalue weighted by molar-refractivity contribution is 7.26. The van der Waals surface area contributed by atoms with Gasteiger partial charge in [0.2, 0.25) is 11.8 Å². The first-order valence-electron chi connectivity index (χ1n) is 15.4. The summed E-state index contributed by atoms with van der Waals surface area (Å²) in [5, 5.41) is 4.60. The van der Waals surface area contributed by atoms with E-state index in [9.17, 15) is 0 Å². The number of aromatic nitrogens is 4. The van der Waals surface area contributed by atoms with Gasteiger partial charge in [-0.25, -0.2) is 4.98 Å². The molecule has 7 heteroatoms. The number of hydrogen-bond acceptors (Lipinski definition) is 6. The number of fused-ring (bicyclic) bond motifs is 6. The number of methoxy groups -OCH3 is 1. The van der Waals surface area contributed by atoms with Crippen LogP contribution in [-0.2, 0) is 4.74 Å². The van der Waals surface area contributed by atoms with E-state index in [0.29, 0.717) is 29.4 Å². The van der Waals surface area contributed by atoms with Crippen LogP contribution >= 0.6 is 11.3 Å². The minimum atomic E-state index is 0.435. The first-order valence-corrected chi connectivity index (χ1v) is 16.2. The SMILES string of the molecule is CN=C(OC)c1ccc2c(c1)sc1cccc(-c3nc(-c4ccc(C(C)C)cc4)nc(-n4c5ccccc5c5ccccc54)n3)c12. The standard InChI is InChI=1S/C39H31N5OS/c1-23(2)24-16-18-25(19-17-24)36-41-37(43-39(42-36)44-31-13-7-5-10-27(31)28-11-6-8-14-32(28)44)30-12-9-15-33-35(30)29-21-20-26(22-34(29)46-33)38(40-3)45-4/h5-23H,1-4H3. The summed E-state index contributed by atoms with van der Waals surface area (Å²) in [5.74, 6) is 2.91. The van der Waals surface area contributed by atoms with Gasteiger partial charge in [0.15, 0.2) is 11.6 Å². The van der Waals surface area contributed by atoms with E-state index in [1.165, 1.54) is 10.3 Å². The zero-order chi connectivity index (χ0) is 31.4. The number of ether oxygens (including phenoxy) is 1. The van der Waals surface area contributed by atoms with E-state index in [-0.39, 0.29) is 0 Å². The Morgan fingerprint density at radius 1 is 0.717 bits per heavy atom. The first-order chi connectivity index (χ1) is 22.5. The molecule has 6 nitrogen and oxygen atoms in total. The van der Waals surface area contributed by atoms with Gasteiger partial charge < -0.3 is 4.74 Å². The van der Waals surface area contributed by atoms with E-state index in [1.54, 1.807) is 25.5 Å². The fourth-order valence-electron chi connectivity index (χ4n) is 6.35. The summed E-state index contributed by atoms with van der Waals surface area (Å²) in [5.41, 5.74) is 6.26. The fraction of sp³-hybridized carbons (Fsp3) is 0.128. The number of thiophene rings is 1. The second-order valence-electron chi connectivity index (χ2n) is 11.7. The molecular weight excluding hydrogens is 587 g/mol. The lowest BCUT2D eigenvalue weighted by Crippen LogP contribution is -2.06. The van der Waals surface area contributed by atoms with Gasteiger partial charge in [0.1, 0.15) is 0 Å². The van der Waals surface area contributed by atoms with E-state index >= 15 is 0 Å². The fourth-order valence-corrected chi connectivity index (χ4v) is 7.52. The molecule has 0 atom stereocenters. The molecule has 8 aromatic rings. The van der Waals surface area contributed by atoms with E-state index in [2.05, 4.69) is 133 Å². The lowest BCUT2D eigenvalue weighted by molar-refractivity contribution is 0.404. The Bertz CT molecular complexity index is 2400. The lowest BCUT2D eigenvalue weighted by Gasteiger charge is -2.12. The minimum absolute atomic E-state index is 0.435. The Labute approximate surface area is 270 Å². The Morgan fingerprint density at radius 2 is 1.41 bits per heavy atom. The maximum absolute atomic E-state index is 5.51. The van der Waals surface area contributed by atoms with E-state index < -0.39 is 0 Å². The molecule has 0 amide bonds. The van der Waals surface area contributed by atoms with Crippen molar-refractivity contribution in [3.05, 3.63) is 120 Å². The number of nitrogens with zero attached hydrogens (tertiary/aromatic N) is 5. The minimum Gasteiger partial charge on any atom is -0.481 e. The summed E-state index contributed by atoms with van der Waals surface area (Å²) in [7, 11) is 3.40. The molecule has 0 saturated carbocycles. The van der Waals surface area contributed by atoms with Gasteiger partial charge in [-0.3, -0.25) is 9.56 Å². The van der Waals surface area contributed by atoms with Crippen molar-refractivity contribution >= 4 is 59.2 Å². The highest BCUT2D eigenvalue weighted by Gasteiger charge is 2.20. The Hall–Kier alpha value is -5.40. The van der Waals surface area contributed by atoms with Crippen LogP contribution in [-0.4, -0.2) is 39.6 Å². The number of aliphatic imine (C=N–C) groups is 1. The van der Waals surface area contributed by atoms with Crippen molar-refractivity contribution in [1.29, 1.82) is 0 Å². The molecule has 3 heterocycles. The molecule has 0 bridgehead atoms. The molecule has 0 spiro atoms. The molecule has 0 fully saturated rings. The molecule has 224 valence electrons. The second kappa shape index (κ2) is 11.2. The topological polar surface area (TPSA) is 65.2 Å². The molecule has 0 radical (unpaired) electrons. The van der Waals surface area contributed by atoms with E-state index in [1.807, 2.05) is 0 Å². The summed E-state index contributed by atoms with van der Waals surface area (Å²) < 4.78 is 9.99. The predicted octanol–water partition coefficient (Wildman–Crippen LogP) is 9.82. The Balaban J connectivity index is 1.41. The van der Waals surface area contributed by atoms with Crippen LogP contribution in [0.2, 0.25) is 0 Å². The van der Waals surface area contributed by atoms with Crippen molar-refractivity contribution in [1.82, 2.24) is 19.5 Å². The van der Waals surface area contributed by atoms with Crippen molar-refractivity contribution in [2.75, 3.05) is 14.2 Å². The summed E-state index contributed by atoms with van der Waals surface area (Å²) in [6.07, 6.45) is 0. The third-order valence-corrected chi connectivity index (χ3v) is 9.74. The summed E-state index contributed by atoms with van der Waals surface area (Å²) in [6.45, 7) is 4.41. The van der Waals surface area contributed by atoms with Crippen LogP contribution in [0.15, 0.2) is 114 Å². The quantitative estimate of drug-likeness (QED) is 0.142. The predicted molar refractivity (Wildman–Crippen MR) is 191 cm³/mol. The average molecular weight is 618 g/mol. The molecule has 0 unspecified atom stereocenters. The van der Waals surface area contributed by atoms with Crippen molar-refractivity contribution < 1.29 is 4.74 Å². The van der Waals surface area contributed by atoms with Crippen LogP contribution in [0.3, 0.4) is 0 Å². The monoisotopic (exact) mass is 617 g/mol. The number of rotatable bonds is 5. The van der Waals surface area contributed by atoms with Crippen molar-refractivity contribution in [2.45, 2.75) is 19.8 Å². The van der Waals surface area contributed by atoms with Crippen molar-refractivity contribution in [3.8, 4) is 28.7 Å². The van der Waals surface area contributed by atoms with Crippen molar-refractivity contribution in [3.63, 3.8) is 0 Å². The van der Waals surface area contributed by atoms with Gasteiger partial charge in [-0.1, -0.05) is 92.7 Å².